The maximum Gasteiger partial charge on any atom is 0.277 e. The van der Waals surface area contributed by atoms with Crippen molar-refractivity contribution in [1.82, 2.24) is 19.4 Å². The van der Waals surface area contributed by atoms with Crippen LogP contribution in [0.15, 0.2) is 76.8 Å². The quantitative estimate of drug-likeness (QED) is 0.450. The highest BCUT2D eigenvalue weighted by Crippen LogP contribution is 2.27. The Kier molecular flexibility index (Phi) is 6.23. The second kappa shape index (κ2) is 9.22. The van der Waals surface area contributed by atoms with Crippen LogP contribution in [0.3, 0.4) is 0 Å². The molecule has 158 valence electrons. The van der Waals surface area contributed by atoms with Gasteiger partial charge < -0.3 is 9.88 Å². The van der Waals surface area contributed by atoms with Crippen LogP contribution >= 0.6 is 11.8 Å². The van der Waals surface area contributed by atoms with E-state index in [9.17, 15) is 9.59 Å². The summed E-state index contributed by atoms with van der Waals surface area (Å²) in [5, 5.41) is 2.95. The average Bonchev–Trinajstić information content (AvgIpc) is 3.18. The van der Waals surface area contributed by atoms with Crippen molar-refractivity contribution in [2.45, 2.75) is 31.5 Å². The van der Waals surface area contributed by atoms with E-state index in [4.69, 9.17) is 0 Å². The highest BCUT2D eigenvalue weighted by atomic mass is 32.2. The summed E-state index contributed by atoms with van der Waals surface area (Å²) in [4.78, 5) is 31.4. The van der Waals surface area contributed by atoms with Crippen LogP contribution < -0.4 is 10.9 Å². The summed E-state index contributed by atoms with van der Waals surface area (Å²) in [6, 6.07) is 17.9. The Morgan fingerprint density at radius 2 is 1.81 bits per heavy atom. The zero-order valence-electron chi connectivity index (χ0n) is 17.5. The molecule has 7 heteroatoms. The largest absolute Gasteiger partial charge is 0.350 e. The van der Waals surface area contributed by atoms with Gasteiger partial charge in [-0.25, -0.2) is 4.98 Å². The van der Waals surface area contributed by atoms with Gasteiger partial charge in [0.05, 0.1) is 6.33 Å². The van der Waals surface area contributed by atoms with Gasteiger partial charge in [-0.1, -0.05) is 42.5 Å². The number of amides is 1. The van der Waals surface area contributed by atoms with E-state index in [1.807, 2.05) is 74.0 Å². The summed E-state index contributed by atoms with van der Waals surface area (Å²) in [6.45, 7) is 2.91. The molecular weight excluding hydrogens is 408 g/mol. The third-order valence-corrected chi connectivity index (χ3v) is 5.97. The van der Waals surface area contributed by atoms with Crippen LogP contribution in [0.1, 0.15) is 12.5 Å². The molecule has 0 fully saturated rings. The molecule has 4 rings (SSSR count). The van der Waals surface area contributed by atoms with Gasteiger partial charge >= 0.3 is 0 Å². The molecule has 1 N–H and O–H groups in total. The molecule has 0 unspecified atom stereocenters. The van der Waals surface area contributed by atoms with Gasteiger partial charge in [0.1, 0.15) is 17.6 Å². The lowest BCUT2D eigenvalue weighted by Crippen LogP contribution is -2.28. The number of aryl methyl sites for hydroxylation is 1. The Morgan fingerprint density at radius 3 is 2.48 bits per heavy atom. The molecule has 0 atom stereocenters. The minimum atomic E-state index is -0.156. The molecule has 0 aliphatic heterocycles. The number of thioether (sulfide) groups is 1. The van der Waals surface area contributed by atoms with E-state index in [-0.39, 0.29) is 18.0 Å². The first-order valence-corrected chi connectivity index (χ1v) is 11.4. The molecule has 0 aliphatic carbocycles. The van der Waals surface area contributed by atoms with Gasteiger partial charge in [0.15, 0.2) is 0 Å². The summed E-state index contributed by atoms with van der Waals surface area (Å²) in [6.07, 6.45) is 5.45. The fraction of sp³-hybridized carbons (Fsp3) is 0.208. The zero-order chi connectivity index (χ0) is 21.8. The number of nitrogens with one attached hydrogen (secondary N) is 1. The van der Waals surface area contributed by atoms with Gasteiger partial charge in [-0.15, -0.1) is 11.8 Å². The van der Waals surface area contributed by atoms with Crippen LogP contribution in [0.25, 0.3) is 22.2 Å². The lowest BCUT2D eigenvalue weighted by atomic mass is 10.1. The van der Waals surface area contributed by atoms with E-state index >= 15 is 0 Å². The van der Waals surface area contributed by atoms with Crippen LogP contribution in [-0.4, -0.2) is 26.3 Å². The van der Waals surface area contributed by atoms with E-state index < -0.39 is 0 Å². The molecule has 4 aromatic rings. The van der Waals surface area contributed by atoms with Crippen LogP contribution in [0, 0.1) is 0 Å². The van der Waals surface area contributed by atoms with Crippen molar-refractivity contribution < 1.29 is 4.79 Å². The van der Waals surface area contributed by atoms with Crippen LogP contribution in [-0.2, 0) is 24.4 Å². The minimum Gasteiger partial charge on any atom is -0.350 e. The first kappa shape index (κ1) is 20.9. The lowest BCUT2D eigenvalue weighted by Gasteiger charge is -2.08. The Morgan fingerprint density at radius 1 is 1.06 bits per heavy atom. The highest BCUT2D eigenvalue weighted by molar-refractivity contribution is 7.98. The van der Waals surface area contributed by atoms with Crippen LogP contribution in [0.4, 0.5) is 0 Å². The fourth-order valence-corrected chi connectivity index (χ4v) is 3.96. The molecule has 2 heterocycles. The molecule has 2 aromatic carbocycles. The summed E-state index contributed by atoms with van der Waals surface area (Å²) in [5.41, 5.74) is 3.75. The van der Waals surface area contributed by atoms with Crippen LogP contribution in [0.5, 0.6) is 0 Å². The van der Waals surface area contributed by atoms with E-state index in [2.05, 4.69) is 10.3 Å². The van der Waals surface area contributed by atoms with Crippen molar-refractivity contribution >= 4 is 28.7 Å². The summed E-state index contributed by atoms with van der Waals surface area (Å²) in [5.74, 6) is -0.156. The number of aromatic nitrogens is 3. The monoisotopic (exact) mass is 432 g/mol. The summed E-state index contributed by atoms with van der Waals surface area (Å²) < 4.78 is 3.27. The van der Waals surface area contributed by atoms with Crippen LogP contribution in [0.2, 0.25) is 0 Å². The van der Waals surface area contributed by atoms with E-state index in [1.165, 1.54) is 4.90 Å². The van der Waals surface area contributed by atoms with Crippen molar-refractivity contribution in [3.05, 3.63) is 83.0 Å². The molecular formula is C24H24N4O2S. The smallest absolute Gasteiger partial charge is 0.277 e. The number of carbonyl (C=O) groups is 1. The highest BCUT2D eigenvalue weighted by Gasteiger charge is 2.17. The van der Waals surface area contributed by atoms with Gasteiger partial charge in [-0.3, -0.25) is 14.2 Å². The maximum atomic E-state index is 13.0. The molecule has 0 bridgehead atoms. The second-order valence-electron chi connectivity index (χ2n) is 7.19. The average molecular weight is 433 g/mol. The number of rotatable bonds is 7. The van der Waals surface area contributed by atoms with E-state index in [0.29, 0.717) is 24.1 Å². The first-order valence-electron chi connectivity index (χ1n) is 10.1. The predicted octanol–water partition coefficient (Wildman–Crippen LogP) is 3.92. The van der Waals surface area contributed by atoms with Crippen molar-refractivity contribution in [2.75, 3.05) is 6.26 Å². The predicted molar refractivity (Wildman–Crippen MR) is 125 cm³/mol. The van der Waals surface area contributed by atoms with Gasteiger partial charge in [-0.05, 0) is 36.4 Å². The molecule has 0 radical (unpaired) electrons. The summed E-state index contributed by atoms with van der Waals surface area (Å²) in [7, 11) is 0. The first-order chi connectivity index (χ1) is 15.1. The standard InChI is InChI=1S/C24H24N4O2S/c1-3-27-16-26-22-20(18-7-5-4-6-8-18)14-28(23(22)24(27)30)15-21(29)25-13-17-9-11-19(31-2)12-10-17/h4-12,14,16H,3,13,15H2,1-2H3,(H,25,29). The summed E-state index contributed by atoms with van der Waals surface area (Å²) >= 11 is 1.68. The number of benzene rings is 2. The third-order valence-electron chi connectivity index (χ3n) is 5.23. The van der Waals surface area contributed by atoms with E-state index in [1.54, 1.807) is 27.2 Å². The fourth-order valence-electron chi connectivity index (χ4n) is 3.55. The Bertz CT molecular complexity index is 1260. The maximum absolute atomic E-state index is 13.0. The van der Waals surface area contributed by atoms with Gasteiger partial charge in [0, 0.05) is 29.7 Å². The second-order valence-corrected chi connectivity index (χ2v) is 8.07. The number of hydrogen-bond acceptors (Lipinski definition) is 4. The molecule has 2 aromatic heterocycles. The van der Waals surface area contributed by atoms with Gasteiger partial charge in [0.2, 0.25) is 5.91 Å². The molecule has 6 nitrogen and oxygen atoms in total. The minimum absolute atomic E-state index is 0.0525. The Labute approximate surface area is 184 Å². The number of nitrogens with zero attached hydrogens (tertiary/aromatic N) is 3. The number of fused-ring (bicyclic) bond motifs is 1. The Hall–Kier alpha value is -3.32. The number of hydrogen-bond donors (Lipinski definition) is 1. The molecule has 0 saturated carbocycles. The van der Waals surface area contributed by atoms with Gasteiger partial charge in [0.25, 0.3) is 5.56 Å². The van der Waals surface area contributed by atoms with Crippen molar-refractivity contribution in [1.29, 1.82) is 0 Å². The number of carbonyl (C=O) groups excluding carboxylic acids is 1. The van der Waals surface area contributed by atoms with Gasteiger partial charge in [-0.2, -0.15) is 0 Å². The van der Waals surface area contributed by atoms with E-state index in [0.717, 1.165) is 16.7 Å². The normalized spacial score (nSPS) is 11.0. The van der Waals surface area contributed by atoms with Crippen molar-refractivity contribution in [2.24, 2.45) is 0 Å². The molecule has 0 saturated heterocycles. The third kappa shape index (κ3) is 4.41. The molecule has 31 heavy (non-hydrogen) atoms. The molecule has 0 spiro atoms. The SMILES string of the molecule is CCn1cnc2c(-c3ccccc3)cn(CC(=O)NCc3ccc(SC)cc3)c2c1=O. The Balaban J connectivity index is 1.63. The van der Waals surface area contributed by atoms with Crippen molar-refractivity contribution in [3.63, 3.8) is 0 Å². The van der Waals surface area contributed by atoms with Crippen molar-refractivity contribution in [3.8, 4) is 11.1 Å². The lowest BCUT2D eigenvalue weighted by molar-refractivity contribution is -0.121. The topological polar surface area (TPSA) is 68.9 Å². The molecule has 0 aliphatic rings. The zero-order valence-corrected chi connectivity index (χ0v) is 18.4. The molecule has 1 amide bonds.